The molecule has 1 atom stereocenters. The standard InChI is InChI=1S/C73H120O6/c1-4-7-10-13-16-19-22-25-27-29-31-33-34-35-36-37-38-40-41-43-45-48-51-54-57-60-63-66-72(75)78-69-70(68-77-71(74)65-62-59-56-53-50-47-24-21-18-15-12-9-6-3)79-73(76)67-64-61-58-55-52-49-46-44-42-39-32-30-28-26-23-20-17-14-11-8-5-2/h7,9-10,12,16,18-19,21,23,25-27,30-33,42,44,47,50,56,59,70H,4-6,8,11,13-15,17,20,22,24,28-29,34-41,43,45-46,48-49,51-55,57-58,60-69H2,1-3H3/b10-7-,12-9-,19-16-,21-18-,26-23-,27-25-,32-30-,33-31-,44-42-,50-47-,59-56-. The maximum Gasteiger partial charge on any atom is 0.306 e. The van der Waals surface area contributed by atoms with Crippen LogP contribution in [0.5, 0.6) is 0 Å². The number of allylic oxidation sites excluding steroid dienone is 22. The number of esters is 3. The Morgan fingerprint density at radius 1 is 0.266 bits per heavy atom. The highest BCUT2D eigenvalue weighted by molar-refractivity contribution is 5.71. The highest BCUT2D eigenvalue weighted by Gasteiger charge is 2.19. The molecular formula is C73H120O6. The monoisotopic (exact) mass is 1090 g/mol. The molecule has 0 rings (SSSR count). The Kier molecular flexibility index (Phi) is 62.3. The van der Waals surface area contributed by atoms with Crippen LogP contribution in [-0.2, 0) is 28.6 Å². The molecule has 0 bridgehead atoms. The van der Waals surface area contributed by atoms with E-state index < -0.39 is 6.10 Å². The molecule has 0 aliphatic carbocycles. The summed E-state index contributed by atoms with van der Waals surface area (Å²) in [6.45, 7) is 6.34. The van der Waals surface area contributed by atoms with Gasteiger partial charge in [0.25, 0.3) is 0 Å². The first-order valence-electron chi connectivity index (χ1n) is 32.7. The van der Waals surface area contributed by atoms with Crippen LogP contribution in [0.4, 0.5) is 0 Å². The lowest BCUT2D eigenvalue weighted by Gasteiger charge is -2.18. The number of rotatable bonds is 58. The minimum absolute atomic E-state index is 0.108. The minimum Gasteiger partial charge on any atom is -0.462 e. The molecule has 0 fully saturated rings. The number of unbranched alkanes of at least 4 members (excludes halogenated alkanes) is 25. The molecule has 6 nitrogen and oxygen atoms in total. The molecule has 6 heteroatoms. The van der Waals surface area contributed by atoms with E-state index in [1.165, 1.54) is 128 Å². The Balaban J connectivity index is 4.36. The van der Waals surface area contributed by atoms with Gasteiger partial charge in [-0.05, 0) is 122 Å². The van der Waals surface area contributed by atoms with Crippen molar-refractivity contribution in [2.45, 2.75) is 297 Å². The quantitative estimate of drug-likeness (QED) is 0.0261. The second-order valence-corrected chi connectivity index (χ2v) is 21.3. The lowest BCUT2D eigenvalue weighted by molar-refractivity contribution is -0.166. The second-order valence-electron chi connectivity index (χ2n) is 21.3. The summed E-state index contributed by atoms with van der Waals surface area (Å²) in [6.07, 6.45) is 93.4. The van der Waals surface area contributed by atoms with Crippen LogP contribution in [0.25, 0.3) is 0 Å². The average Bonchev–Trinajstić information content (AvgIpc) is 3.45. The molecular weight excluding hydrogens is 973 g/mol. The fraction of sp³-hybridized carbons (Fsp3) is 0.658. The van der Waals surface area contributed by atoms with Crippen LogP contribution >= 0.6 is 0 Å². The molecule has 79 heavy (non-hydrogen) atoms. The molecule has 0 spiro atoms. The summed E-state index contributed by atoms with van der Waals surface area (Å²) in [4.78, 5) is 38.3. The van der Waals surface area contributed by atoms with Gasteiger partial charge in [0.15, 0.2) is 6.10 Å². The summed E-state index contributed by atoms with van der Waals surface area (Å²) in [6, 6.07) is 0. The first-order chi connectivity index (χ1) is 39.0. The SMILES string of the molecule is CC/C=C\C/C=C\C/C=C\C/C=C\CCCCCCCCCCCCCCCCC(=O)OCC(COC(=O)CC/C=C\C/C=C\C/C=C\C/C=C\CC)OC(=O)CCCCCCCC/C=C\C/C=C\C/C=C\CCCCCCC. The van der Waals surface area contributed by atoms with Gasteiger partial charge in [0.05, 0.1) is 0 Å². The molecule has 0 saturated carbocycles. The number of hydrogen-bond acceptors (Lipinski definition) is 6. The summed E-state index contributed by atoms with van der Waals surface area (Å²) in [7, 11) is 0. The van der Waals surface area contributed by atoms with E-state index in [-0.39, 0.29) is 37.5 Å². The maximum absolute atomic E-state index is 12.9. The first kappa shape index (κ1) is 74.5. The summed E-state index contributed by atoms with van der Waals surface area (Å²) in [5.74, 6) is -1.00. The third kappa shape index (κ3) is 64.3. The topological polar surface area (TPSA) is 78.9 Å². The van der Waals surface area contributed by atoms with Gasteiger partial charge in [-0.3, -0.25) is 14.4 Å². The van der Waals surface area contributed by atoms with Crippen LogP contribution in [0.15, 0.2) is 134 Å². The van der Waals surface area contributed by atoms with Gasteiger partial charge >= 0.3 is 17.9 Å². The molecule has 0 amide bonds. The van der Waals surface area contributed by atoms with E-state index in [1.54, 1.807) is 0 Å². The largest absolute Gasteiger partial charge is 0.462 e. The number of carbonyl (C=O) groups is 3. The van der Waals surface area contributed by atoms with Crippen molar-refractivity contribution in [3.63, 3.8) is 0 Å². The van der Waals surface area contributed by atoms with E-state index in [9.17, 15) is 14.4 Å². The molecule has 0 saturated heterocycles. The normalized spacial score (nSPS) is 13.0. The lowest BCUT2D eigenvalue weighted by atomic mass is 10.0. The van der Waals surface area contributed by atoms with Gasteiger partial charge in [-0.2, -0.15) is 0 Å². The van der Waals surface area contributed by atoms with Crippen molar-refractivity contribution in [1.29, 1.82) is 0 Å². The van der Waals surface area contributed by atoms with Gasteiger partial charge in [0.1, 0.15) is 13.2 Å². The van der Waals surface area contributed by atoms with E-state index >= 15 is 0 Å². The molecule has 0 aromatic carbocycles. The van der Waals surface area contributed by atoms with E-state index in [0.717, 1.165) is 116 Å². The van der Waals surface area contributed by atoms with Crippen molar-refractivity contribution in [2.24, 2.45) is 0 Å². The van der Waals surface area contributed by atoms with Crippen LogP contribution in [0, 0.1) is 0 Å². The molecule has 0 aliphatic rings. The predicted molar refractivity (Wildman–Crippen MR) is 343 cm³/mol. The van der Waals surface area contributed by atoms with E-state index in [1.807, 2.05) is 6.08 Å². The van der Waals surface area contributed by atoms with Crippen LogP contribution in [0.2, 0.25) is 0 Å². The summed E-state index contributed by atoms with van der Waals surface area (Å²) < 4.78 is 16.8. The van der Waals surface area contributed by atoms with E-state index in [2.05, 4.69) is 148 Å². The predicted octanol–water partition coefficient (Wildman–Crippen LogP) is 22.5. The Hall–Kier alpha value is -4.45. The Labute approximate surface area is 487 Å². The van der Waals surface area contributed by atoms with Crippen LogP contribution in [-0.4, -0.2) is 37.2 Å². The molecule has 0 aromatic heterocycles. The number of carbonyl (C=O) groups excluding carboxylic acids is 3. The fourth-order valence-electron chi connectivity index (χ4n) is 8.81. The molecule has 448 valence electrons. The maximum atomic E-state index is 12.9. The molecule has 1 unspecified atom stereocenters. The summed E-state index contributed by atoms with van der Waals surface area (Å²) in [5, 5.41) is 0. The Morgan fingerprint density at radius 3 is 0.848 bits per heavy atom. The van der Waals surface area contributed by atoms with Gasteiger partial charge < -0.3 is 14.2 Å². The van der Waals surface area contributed by atoms with Crippen molar-refractivity contribution in [3.8, 4) is 0 Å². The minimum atomic E-state index is -0.819. The molecule has 0 radical (unpaired) electrons. The molecule has 0 heterocycles. The van der Waals surface area contributed by atoms with Crippen LogP contribution < -0.4 is 0 Å². The van der Waals surface area contributed by atoms with Crippen molar-refractivity contribution in [2.75, 3.05) is 13.2 Å². The van der Waals surface area contributed by atoms with Crippen molar-refractivity contribution < 1.29 is 28.6 Å². The third-order valence-electron chi connectivity index (χ3n) is 13.6. The zero-order valence-corrected chi connectivity index (χ0v) is 51.3. The molecule has 0 N–H and O–H groups in total. The Bertz CT molecular complexity index is 1680. The highest BCUT2D eigenvalue weighted by atomic mass is 16.6. The van der Waals surface area contributed by atoms with Crippen LogP contribution in [0.1, 0.15) is 290 Å². The zero-order chi connectivity index (χ0) is 57.1. The van der Waals surface area contributed by atoms with Gasteiger partial charge in [-0.25, -0.2) is 0 Å². The molecule has 0 aromatic rings. The average molecular weight is 1090 g/mol. The van der Waals surface area contributed by atoms with Crippen molar-refractivity contribution in [3.05, 3.63) is 134 Å². The third-order valence-corrected chi connectivity index (χ3v) is 13.6. The van der Waals surface area contributed by atoms with Gasteiger partial charge in [-0.1, -0.05) is 283 Å². The van der Waals surface area contributed by atoms with Gasteiger partial charge in [0.2, 0.25) is 0 Å². The van der Waals surface area contributed by atoms with E-state index in [0.29, 0.717) is 19.3 Å². The van der Waals surface area contributed by atoms with E-state index in [4.69, 9.17) is 14.2 Å². The summed E-state index contributed by atoms with van der Waals surface area (Å²) in [5.41, 5.74) is 0. The molecule has 0 aliphatic heterocycles. The van der Waals surface area contributed by atoms with Gasteiger partial charge in [0, 0.05) is 19.3 Å². The fourth-order valence-corrected chi connectivity index (χ4v) is 8.81. The smallest absolute Gasteiger partial charge is 0.306 e. The highest BCUT2D eigenvalue weighted by Crippen LogP contribution is 2.16. The zero-order valence-electron chi connectivity index (χ0n) is 51.3. The number of ether oxygens (including phenoxy) is 3. The lowest BCUT2D eigenvalue weighted by Crippen LogP contribution is -2.30. The summed E-state index contributed by atoms with van der Waals surface area (Å²) >= 11 is 0. The first-order valence-corrected chi connectivity index (χ1v) is 32.7. The van der Waals surface area contributed by atoms with Crippen molar-refractivity contribution >= 4 is 17.9 Å². The second kappa shape index (κ2) is 66.1. The van der Waals surface area contributed by atoms with Crippen LogP contribution in [0.3, 0.4) is 0 Å². The Morgan fingerprint density at radius 2 is 0.519 bits per heavy atom. The number of hydrogen-bond donors (Lipinski definition) is 0. The van der Waals surface area contributed by atoms with Gasteiger partial charge in [-0.15, -0.1) is 0 Å². The van der Waals surface area contributed by atoms with Crippen molar-refractivity contribution in [1.82, 2.24) is 0 Å².